The van der Waals surface area contributed by atoms with Crippen LogP contribution in [0.5, 0.6) is 0 Å². The molecule has 0 amide bonds. The summed E-state index contributed by atoms with van der Waals surface area (Å²) in [5.41, 5.74) is 0.0840. The van der Waals surface area contributed by atoms with Crippen molar-refractivity contribution in [1.29, 1.82) is 0 Å². The van der Waals surface area contributed by atoms with Gasteiger partial charge in [-0.05, 0) is 22.0 Å². The molecule has 0 saturated carbocycles. The minimum Gasteiger partial charge on any atom is -0.481 e. The number of rotatable bonds is 2. The summed E-state index contributed by atoms with van der Waals surface area (Å²) < 4.78 is 13.6. The lowest BCUT2D eigenvalue weighted by atomic mass is 10.1. The molecule has 0 aliphatic carbocycles. The minimum absolute atomic E-state index is 0.0840. The SMILES string of the molecule is O=C(O)Cc1ccc(Br)c(Cl)c1F. The van der Waals surface area contributed by atoms with Crippen molar-refractivity contribution in [1.82, 2.24) is 0 Å². The van der Waals surface area contributed by atoms with Crippen molar-refractivity contribution in [2.45, 2.75) is 6.42 Å². The van der Waals surface area contributed by atoms with Gasteiger partial charge < -0.3 is 5.11 Å². The molecular formula is C8H5BrClFO2. The summed E-state index contributed by atoms with van der Waals surface area (Å²) in [6.07, 6.45) is -0.362. The normalized spacial score (nSPS) is 10.1. The molecule has 0 radical (unpaired) electrons. The number of carboxylic acids is 1. The molecule has 0 fully saturated rings. The maximum absolute atomic E-state index is 13.2. The van der Waals surface area contributed by atoms with E-state index in [1.165, 1.54) is 12.1 Å². The smallest absolute Gasteiger partial charge is 0.307 e. The number of carbonyl (C=O) groups is 1. The first kappa shape index (κ1) is 10.5. The highest BCUT2D eigenvalue weighted by molar-refractivity contribution is 9.10. The fourth-order valence-corrected chi connectivity index (χ4v) is 1.36. The first-order valence-corrected chi connectivity index (χ1v) is 4.53. The van der Waals surface area contributed by atoms with Crippen LogP contribution in [-0.4, -0.2) is 11.1 Å². The third-order valence-electron chi connectivity index (χ3n) is 1.46. The highest BCUT2D eigenvalue weighted by Gasteiger charge is 2.12. The van der Waals surface area contributed by atoms with E-state index in [1.54, 1.807) is 0 Å². The first-order valence-electron chi connectivity index (χ1n) is 3.36. The number of hydrogen-bond donors (Lipinski definition) is 1. The van der Waals surface area contributed by atoms with Gasteiger partial charge in [-0.3, -0.25) is 4.79 Å². The third kappa shape index (κ3) is 2.42. The van der Waals surface area contributed by atoms with Crippen molar-refractivity contribution in [3.05, 3.63) is 33.0 Å². The van der Waals surface area contributed by atoms with Crippen LogP contribution in [0, 0.1) is 5.82 Å². The largest absolute Gasteiger partial charge is 0.481 e. The predicted molar refractivity (Wildman–Crippen MR) is 50.4 cm³/mol. The summed E-state index contributed by atoms with van der Waals surface area (Å²) in [4.78, 5) is 10.3. The van der Waals surface area contributed by atoms with Crippen molar-refractivity contribution in [2.24, 2.45) is 0 Å². The number of aliphatic carboxylic acids is 1. The Labute approximate surface area is 87.5 Å². The summed E-state index contributed by atoms with van der Waals surface area (Å²) in [7, 11) is 0. The summed E-state index contributed by atoms with van der Waals surface area (Å²) in [5.74, 6) is -1.77. The van der Waals surface area contributed by atoms with E-state index in [1.807, 2.05) is 0 Å². The Kier molecular flexibility index (Phi) is 3.27. The number of halogens is 3. The summed E-state index contributed by atoms with van der Waals surface area (Å²) in [6, 6.07) is 2.91. The fraction of sp³-hybridized carbons (Fsp3) is 0.125. The van der Waals surface area contributed by atoms with Crippen LogP contribution in [-0.2, 0) is 11.2 Å². The van der Waals surface area contributed by atoms with Crippen LogP contribution >= 0.6 is 27.5 Å². The van der Waals surface area contributed by atoms with Gasteiger partial charge in [0.1, 0.15) is 5.82 Å². The molecule has 1 N–H and O–H groups in total. The van der Waals surface area contributed by atoms with Crippen molar-refractivity contribution >= 4 is 33.5 Å². The van der Waals surface area contributed by atoms with Crippen molar-refractivity contribution < 1.29 is 14.3 Å². The van der Waals surface area contributed by atoms with E-state index in [-0.39, 0.29) is 17.0 Å². The molecule has 0 bridgehead atoms. The molecule has 1 aromatic rings. The Bertz CT molecular complexity index is 354. The maximum atomic E-state index is 13.2. The Hall–Kier alpha value is -0.610. The maximum Gasteiger partial charge on any atom is 0.307 e. The van der Waals surface area contributed by atoms with Crippen LogP contribution in [0.4, 0.5) is 4.39 Å². The molecule has 1 rings (SSSR count). The molecule has 13 heavy (non-hydrogen) atoms. The highest BCUT2D eigenvalue weighted by atomic mass is 79.9. The topological polar surface area (TPSA) is 37.3 Å². The van der Waals surface area contributed by atoms with Gasteiger partial charge in [-0.1, -0.05) is 17.7 Å². The lowest BCUT2D eigenvalue weighted by Crippen LogP contribution is -2.02. The molecule has 0 heterocycles. The van der Waals surface area contributed by atoms with E-state index < -0.39 is 11.8 Å². The van der Waals surface area contributed by atoms with Crippen molar-refractivity contribution in [3.8, 4) is 0 Å². The van der Waals surface area contributed by atoms with Gasteiger partial charge in [0, 0.05) is 10.0 Å². The number of carboxylic acid groups (broad SMARTS) is 1. The molecule has 70 valence electrons. The zero-order valence-electron chi connectivity index (χ0n) is 6.35. The van der Waals surface area contributed by atoms with Gasteiger partial charge in [-0.15, -0.1) is 0 Å². The minimum atomic E-state index is -1.09. The molecule has 5 heteroatoms. The third-order valence-corrected chi connectivity index (χ3v) is 2.72. The summed E-state index contributed by atoms with van der Waals surface area (Å²) in [5, 5.41) is 8.35. The number of benzene rings is 1. The molecular weight excluding hydrogens is 262 g/mol. The molecule has 1 aromatic carbocycles. The molecule has 0 unspecified atom stereocenters. The van der Waals surface area contributed by atoms with Crippen molar-refractivity contribution in [3.63, 3.8) is 0 Å². The van der Waals surface area contributed by atoms with Gasteiger partial charge in [0.15, 0.2) is 0 Å². The highest BCUT2D eigenvalue weighted by Crippen LogP contribution is 2.27. The van der Waals surface area contributed by atoms with Gasteiger partial charge >= 0.3 is 5.97 Å². The molecule has 0 aliphatic heterocycles. The predicted octanol–water partition coefficient (Wildman–Crippen LogP) is 2.87. The van der Waals surface area contributed by atoms with Crippen LogP contribution in [0.25, 0.3) is 0 Å². The van der Waals surface area contributed by atoms with Crippen LogP contribution in [0.15, 0.2) is 16.6 Å². The Balaban J connectivity index is 3.10. The Morgan fingerprint density at radius 1 is 1.62 bits per heavy atom. The van der Waals surface area contributed by atoms with Gasteiger partial charge in [0.25, 0.3) is 0 Å². The van der Waals surface area contributed by atoms with Gasteiger partial charge in [0.2, 0.25) is 0 Å². The summed E-state index contributed by atoms with van der Waals surface area (Å²) in [6.45, 7) is 0. The van der Waals surface area contributed by atoms with E-state index in [0.29, 0.717) is 4.47 Å². The molecule has 2 nitrogen and oxygen atoms in total. The zero-order valence-corrected chi connectivity index (χ0v) is 8.69. The van der Waals surface area contributed by atoms with E-state index in [2.05, 4.69) is 15.9 Å². The van der Waals surface area contributed by atoms with Crippen molar-refractivity contribution in [2.75, 3.05) is 0 Å². The summed E-state index contributed by atoms with van der Waals surface area (Å²) >= 11 is 8.58. The lowest BCUT2D eigenvalue weighted by Gasteiger charge is -2.02. The molecule has 0 aliphatic rings. The van der Waals surface area contributed by atoms with E-state index in [4.69, 9.17) is 16.7 Å². The van der Waals surface area contributed by atoms with E-state index in [0.717, 1.165) is 0 Å². The molecule has 0 saturated heterocycles. The van der Waals surface area contributed by atoms with Crippen LogP contribution in [0.2, 0.25) is 5.02 Å². The van der Waals surface area contributed by atoms with Crippen LogP contribution in [0.1, 0.15) is 5.56 Å². The van der Waals surface area contributed by atoms with E-state index >= 15 is 0 Å². The average molecular weight is 267 g/mol. The molecule has 0 aromatic heterocycles. The monoisotopic (exact) mass is 266 g/mol. The first-order chi connectivity index (χ1) is 6.02. The molecule has 0 atom stereocenters. The second-order valence-corrected chi connectivity index (χ2v) is 3.64. The van der Waals surface area contributed by atoms with Crippen LogP contribution < -0.4 is 0 Å². The fourth-order valence-electron chi connectivity index (χ4n) is 0.865. The van der Waals surface area contributed by atoms with Gasteiger partial charge in [-0.2, -0.15) is 0 Å². The van der Waals surface area contributed by atoms with Crippen LogP contribution in [0.3, 0.4) is 0 Å². The zero-order chi connectivity index (χ0) is 10.0. The van der Waals surface area contributed by atoms with Gasteiger partial charge in [-0.25, -0.2) is 4.39 Å². The Morgan fingerprint density at radius 2 is 2.23 bits per heavy atom. The van der Waals surface area contributed by atoms with Gasteiger partial charge in [0.05, 0.1) is 11.4 Å². The van der Waals surface area contributed by atoms with E-state index in [9.17, 15) is 9.18 Å². The average Bonchev–Trinajstić information content (AvgIpc) is 2.06. The number of hydrogen-bond acceptors (Lipinski definition) is 1. The lowest BCUT2D eigenvalue weighted by molar-refractivity contribution is -0.136. The second-order valence-electron chi connectivity index (χ2n) is 2.40. The second kappa shape index (κ2) is 4.07. The standard InChI is InChI=1S/C8H5BrClFO2/c9-5-2-1-4(3-6(12)13)8(11)7(5)10/h1-2H,3H2,(H,12,13). The quantitative estimate of drug-likeness (QED) is 0.837. The Morgan fingerprint density at radius 3 is 2.77 bits per heavy atom. The molecule has 0 spiro atoms.